The molecule has 6 nitrogen and oxygen atoms in total. The SMILES string of the molecule is C=CC(=O)Nc1cccc(CNC(=O)c2cc(OC)cc(OC)c2)c1. The third-order valence-electron chi connectivity index (χ3n) is 3.45. The molecule has 2 aromatic rings. The van der Waals surface area contributed by atoms with Gasteiger partial charge in [-0.25, -0.2) is 0 Å². The van der Waals surface area contributed by atoms with E-state index in [9.17, 15) is 9.59 Å². The number of benzene rings is 2. The number of ether oxygens (including phenoxy) is 2. The van der Waals surface area contributed by atoms with Crippen LogP contribution in [-0.4, -0.2) is 26.0 Å². The molecule has 2 amide bonds. The van der Waals surface area contributed by atoms with E-state index in [0.29, 0.717) is 29.3 Å². The summed E-state index contributed by atoms with van der Waals surface area (Å²) >= 11 is 0. The highest BCUT2D eigenvalue weighted by Crippen LogP contribution is 2.22. The monoisotopic (exact) mass is 340 g/mol. The van der Waals surface area contributed by atoms with Crippen molar-refractivity contribution in [1.82, 2.24) is 5.32 Å². The van der Waals surface area contributed by atoms with Gasteiger partial charge in [0.2, 0.25) is 5.91 Å². The van der Waals surface area contributed by atoms with Crippen molar-refractivity contribution in [3.63, 3.8) is 0 Å². The highest BCUT2D eigenvalue weighted by molar-refractivity contribution is 5.99. The van der Waals surface area contributed by atoms with Gasteiger partial charge in [-0.1, -0.05) is 18.7 Å². The molecule has 0 atom stereocenters. The predicted molar refractivity (Wildman–Crippen MR) is 96.0 cm³/mol. The fraction of sp³-hybridized carbons (Fsp3) is 0.158. The molecule has 0 aliphatic heterocycles. The van der Waals surface area contributed by atoms with Crippen LogP contribution in [0.2, 0.25) is 0 Å². The van der Waals surface area contributed by atoms with Gasteiger partial charge < -0.3 is 20.1 Å². The van der Waals surface area contributed by atoms with Crippen LogP contribution >= 0.6 is 0 Å². The van der Waals surface area contributed by atoms with E-state index < -0.39 is 0 Å². The first-order chi connectivity index (χ1) is 12.0. The average molecular weight is 340 g/mol. The van der Waals surface area contributed by atoms with Crippen LogP contribution in [0.1, 0.15) is 15.9 Å². The van der Waals surface area contributed by atoms with Gasteiger partial charge in [-0.3, -0.25) is 9.59 Å². The van der Waals surface area contributed by atoms with Crippen LogP contribution < -0.4 is 20.1 Å². The lowest BCUT2D eigenvalue weighted by Crippen LogP contribution is -2.23. The molecule has 2 N–H and O–H groups in total. The number of carbonyl (C=O) groups excluding carboxylic acids is 2. The fourth-order valence-corrected chi connectivity index (χ4v) is 2.18. The van der Waals surface area contributed by atoms with Gasteiger partial charge in [0.25, 0.3) is 5.91 Å². The Morgan fingerprint density at radius 3 is 2.36 bits per heavy atom. The Kier molecular flexibility index (Phi) is 6.17. The molecular formula is C19H20N2O4. The molecule has 0 fully saturated rings. The number of hydrogen-bond donors (Lipinski definition) is 2. The normalized spacial score (nSPS) is 9.84. The van der Waals surface area contributed by atoms with Crippen LogP contribution in [0.5, 0.6) is 11.5 Å². The highest BCUT2D eigenvalue weighted by atomic mass is 16.5. The first-order valence-electron chi connectivity index (χ1n) is 7.59. The summed E-state index contributed by atoms with van der Waals surface area (Å²) in [4.78, 5) is 23.7. The van der Waals surface area contributed by atoms with Crippen molar-refractivity contribution >= 4 is 17.5 Å². The Morgan fingerprint density at radius 1 is 1.08 bits per heavy atom. The van der Waals surface area contributed by atoms with E-state index in [1.807, 2.05) is 6.07 Å². The minimum Gasteiger partial charge on any atom is -0.497 e. The minimum atomic E-state index is -0.287. The molecule has 0 aliphatic rings. The number of rotatable bonds is 7. The molecule has 0 spiro atoms. The second-order valence-corrected chi connectivity index (χ2v) is 5.18. The van der Waals surface area contributed by atoms with Gasteiger partial charge in [-0.15, -0.1) is 0 Å². The number of nitrogens with one attached hydrogen (secondary N) is 2. The quantitative estimate of drug-likeness (QED) is 0.760. The molecule has 0 saturated carbocycles. The second-order valence-electron chi connectivity index (χ2n) is 5.18. The third-order valence-corrected chi connectivity index (χ3v) is 3.45. The number of methoxy groups -OCH3 is 2. The number of hydrogen-bond acceptors (Lipinski definition) is 4. The zero-order valence-electron chi connectivity index (χ0n) is 14.2. The maximum Gasteiger partial charge on any atom is 0.251 e. The predicted octanol–water partition coefficient (Wildman–Crippen LogP) is 2.76. The van der Waals surface area contributed by atoms with Gasteiger partial charge in [0.05, 0.1) is 14.2 Å². The maximum absolute atomic E-state index is 12.4. The number of amides is 2. The Hall–Kier alpha value is -3.28. The summed E-state index contributed by atoms with van der Waals surface area (Å²) in [6.45, 7) is 3.73. The number of carbonyl (C=O) groups is 2. The van der Waals surface area contributed by atoms with Crippen LogP contribution in [0, 0.1) is 0 Å². The van der Waals surface area contributed by atoms with Gasteiger partial charge >= 0.3 is 0 Å². The van der Waals surface area contributed by atoms with E-state index in [0.717, 1.165) is 5.56 Å². The largest absolute Gasteiger partial charge is 0.497 e. The third kappa shape index (κ3) is 5.10. The molecule has 0 saturated heterocycles. The van der Waals surface area contributed by atoms with Gasteiger partial charge in [-0.2, -0.15) is 0 Å². The zero-order chi connectivity index (χ0) is 18.2. The highest BCUT2D eigenvalue weighted by Gasteiger charge is 2.10. The molecule has 0 bridgehead atoms. The van der Waals surface area contributed by atoms with Gasteiger partial charge in [0.15, 0.2) is 0 Å². The molecular weight excluding hydrogens is 320 g/mol. The van der Waals surface area contributed by atoms with Crippen LogP contribution in [0.25, 0.3) is 0 Å². The summed E-state index contributed by atoms with van der Waals surface area (Å²) in [6, 6.07) is 12.2. The molecule has 6 heteroatoms. The maximum atomic E-state index is 12.4. The van der Waals surface area contributed by atoms with E-state index in [1.54, 1.807) is 36.4 Å². The Morgan fingerprint density at radius 2 is 1.76 bits per heavy atom. The summed E-state index contributed by atoms with van der Waals surface area (Å²) < 4.78 is 10.3. The molecule has 0 aliphatic carbocycles. The first kappa shape index (κ1) is 18.1. The van der Waals surface area contributed by atoms with Crippen LogP contribution in [0.15, 0.2) is 55.1 Å². The van der Waals surface area contributed by atoms with E-state index in [2.05, 4.69) is 17.2 Å². The lowest BCUT2D eigenvalue weighted by Gasteiger charge is -2.10. The fourth-order valence-electron chi connectivity index (χ4n) is 2.18. The Balaban J connectivity index is 2.06. The summed E-state index contributed by atoms with van der Waals surface area (Å²) in [5, 5.41) is 5.51. The van der Waals surface area contributed by atoms with E-state index in [-0.39, 0.29) is 11.8 Å². The molecule has 130 valence electrons. The first-order valence-corrected chi connectivity index (χ1v) is 7.59. The van der Waals surface area contributed by atoms with Gasteiger partial charge in [0, 0.05) is 23.9 Å². The zero-order valence-corrected chi connectivity index (χ0v) is 14.2. The molecule has 0 unspecified atom stereocenters. The Labute approximate surface area is 146 Å². The summed E-state index contributed by atoms with van der Waals surface area (Å²) in [5.74, 6) is 0.541. The smallest absolute Gasteiger partial charge is 0.251 e. The topological polar surface area (TPSA) is 76.7 Å². The molecule has 2 aromatic carbocycles. The molecule has 25 heavy (non-hydrogen) atoms. The van der Waals surface area contributed by atoms with Crippen molar-refractivity contribution in [2.45, 2.75) is 6.54 Å². The van der Waals surface area contributed by atoms with E-state index in [4.69, 9.17) is 9.47 Å². The summed E-state index contributed by atoms with van der Waals surface area (Å²) in [7, 11) is 3.05. The van der Waals surface area contributed by atoms with E-state index >= 15 is 0 Å². The van der Waals surface area contributed by atoms with Crippen molar-refractivity contribution in [3.8, 4) is 11.5 Å². The number of anilines is 1. The standard InChI is InChI=1S/C19H20N2O4/c1-4-18(22)21-15-7-5-6-13(8-15)12-20-19(23)14-9-16(24-2)11-17(10-14)25-3/h4-11H,1,12H2,2-3H3,(H,20,23)(H,21,22). The lowest BCUT2D eigenvalue weighted by atomic mass is 10.1. The molecule has 0 heterocycles. The van der Waals surface area contributed by atoms with Crippen LogP contribution in [0.3, 0.4) is 0 Å². The van der Waals surface area contributed by atoms with Crippen molar-refractivity contribution in [2.24, 2.45) is 0 Å². The molecule has 0 radical (unpaired) electrons. The minimum absolute atomic E-state index is 0.252. The average Bonchev–Trinajstić information content (AvgIpc) is 2.65. The van der Waals surface area contributed by atoms with Gasteiger partial charge in [0.1, 0.15) is 11.5 Å². The summed E-state index contributed by atoms with van der Waals surface area (Å²) in [5.41, 5.74) is 1.93. The molecule has 0 aromatic heterocycles. The summed E-state index contributed by atoms with van der Waals surface area (Å²) in [6.07, 6.45) is 1.20. The lowest BCUT2D eigenvalue weighted by molar-refractivity contribution is -0.111. The van der Waals surface area contributed by atoms with Crippen molar-refractivity contribution in [2.75, 3.05) is 19.5 Å². The van der Waals surface area contributed by atoms with E-state index in [1.165, 1.54) is 20.3 Å². The van der Waals surface area contributed by atoms with Gasteiger partial charge in [-0.05, 0) is 35.9 Å². The van der Waals surface area contributed by atoms with Crippen molar-refractivity contribution in [3.05, 3.63) is 66.2 Å². The van der Waals surface area contributed by atoms with Crippen LogP contribution in [-0.2, 0) is 11.3 Å². The van der Waals surface area contributed by atoms with Crippen molar-refractivity contribution < 1.29 is 19.1 Å². The van der Waals surface area contributed by atoms with Crippen LogP contribution in [0.4, 0.5) is 5.69 Å². The Bertz CT molecular complexity index is 764. The molecule has 2 rings (SSSR count). The second kappa shape index (κ2) is 8.54. The van der Waals surface area contributed by atoms with Crippen molar-refractivity contribution in [1.29, 1.82) is 0 Å².